The van der Waals surface area contributed by atoms with E-state index in [1.165, 1.54) is 0 Å². The molecule has 0 spiro atoms. The lowest BCUT2D eigenvalue weighted by Crippen LogP contribution is -2.51. The quantitative estimate of drug-likeness (QED) is 0.790. The van der Waals surface area contributed by atoms with Gasteiger partial charge in [0, 0.05) is 25.2 Å². The molecule has 20 heavy (non-hydrogen) atoms. The summed E-state index contributed by atoms with van der Waals surface area (Å²) in [6.45, 7) is 5.59. The Labute approximate surface area is 119 Å². The van der Waals surface area contributed by atoms with Gasteiger partial charge in [0.2, 0.25) is 5.91 Å². The molecule has 0 saturated carbocycles. The zero-order chi connectivity index (χ0) is 15.3. The first-order chi connectivity index (χ1) is 9.23. The lowest BCUT2D eigenvalue weighted by atomic mass is 9.85. The first-order valence-electron chi connectivity index (χ1n) is 6.73. The Morgan fingerprint density at radius 1 is 1.50 bits per heavy atom. The van der Waals surface area contributed by atoms with Crippen molar-refractivity contribution < 1.29 is 14.7 Å². The zero-order valence-electron chi connectivity index (χ0n) is 12.5. The summed E-state index contributed by atoms with van der Waals surface area (Å²) in [5.74, 6) is -0.999. The van der Waals surface area contributed by atoms with Gasteiger partial charge in [0.1, 0.15) is 0 Å². The van der Waals surface area contributed by atoms with Gasteiger partial charge in [-0.25, -0.2) is 0 Å². The normalized spacial score (nSPS) is 14.1. The molecule has 1 atom stereocenters. The van der Waals surface area contributed by atoms with Gasteiger partial charge < -0.3 is 10.4 Å². The lowest BCUT2D eigenvalue weighted by Gasteiger charge is -2.33. The van der Waals surface area contributed by atoms with E-state index in [-0.39, 0.29) is 18.2 Å². The zero-order valence-corrected chi connectivity index (χ0v) is 12.5. The third kappa shape index (κ3) is 4.68. The van der Waals surface area contributed by atoms with Crippen molar-refractivity contribution >= 4 is 11.9 Å². The predicted molar refractivity (Wildman–Crippen MR) is 75.2 cm³/mol. The van der Waals surface area contributed by atoms with Gasteiger partial charge in [0.25, 0.3) is 0 Å². The fourth-order valence-electron chi connectivity index (χ4n) is 1.95. The highest BCUT2D eigenvalue weighted by Gasteiger charge is 2.32. The minimum absolute atomic E-state index is 0.0425. The van der Waals surface area contributed by atoms with Crippen LogP contribution in [0.5, 0.6) is 0 Å². The van der Waals surface area contributed by atoms with Crippen LogP contribution in [0.15, 0.2) is 12.4 Å². The van der Waals surface area contributed by atoms with Crippen molar-refractivity contribution in [1.82, 2.24) is 15.1 Å². The molecule has 1 aromatic heterocycles. The summed E-state index contributed by atoms with van der Waals surface area (Å²) in [4.78, 5) is 22.9. The highest BCUT2D eigenvalue weighted by Crippen LogP contribution is 2.21. The minimum Gasteiger partial charge on any atom is -0.481 e. The van der Waals surface area contributed by atoms with Crippen LogP contribution in [0.1, 0.15) is 39.2 Å². The molecule has 0 saturated heterocycles. The van der Waals surface area contributed by atoms with Gasteiger partial charge in [-0.15, -0.1) is 0 Å². The smallest absolute Gasteiger partial charge is 0.305 e. The van der Waals surface area contributed by atoms with E-state index in [9.17, 15) is 9.59 Å². The Hall–Kier alpha value is -1.85. The van der Waals surface area contributed by atoms with E-state index in [4.69, 9.17) is 5.11 Å². The van der Waals surface area contributed by atoms with Crippen LogP contribution in [0, 0.1) is 5.92 Å². The number of rotatable bonds is 7. The van der Waals surface area contributed by atoms with Crippen LogP contribution in [0.3, 0.4) is 0 Å². The molecule has 2 N–H and O–H groups in total. The molecule has 0 aliphatic heterocycles. The molecule has 1 rings (SSSR count). The number of carbonyl (C=O) groups is 2. The standard InChI is InChI=1S/C14H23N3O3/c1-10(2)14(3,7-13(19)20)16-12(18)6-5-11-8-15-17(4)9-11/h8-10H,5-7H2,1-4H3,(H,16,18)(H,19,20). The molecule has 6 heteroatoms. The number of carboxylic acid groups (broad SMARTS) is 1. The van der Waals surface area contributed by atoms with Gasteiger partial charge in [-0.1, -0.05) is 13.8 Å². The van der Waals surface area contributed by atoms with Gasteiger partial charge in [-0.3, -0.25) is 14.3 Å². The molecule has 1 unspecified atom stereocenters. The highest BCUT2D eigenvalue weighted by molar-refractivity contribution is 5.78. The Balaban J connectivity index is 2.56. The molecule has 0 aliphatic carbocycles. The minimum atomic E-state index is -0.909. The molecule has 0 radical (unpaired) electrons. The number of nitrogens with one attached hydrogen (secondary N) is 1. The third-order valence-electron chi connectivity index (χ3n) is 3.62. The van der Waals surface area contributed by atoms with Crippen LogP contribution in [0.2, 0.25) is 0 Å². The number of amides is 1. The fourth-order valence-corrected chi connectivity index (χ4v) is 1.95. The Morgan fingerprint density at radius 3 is 2.60 bits per heavy atom. The summed E-state index contributed by atoms with van der Waals surface area (Å²) in [6, 6.07) is 0. The molecule has 1 aromatic rings. The average Bonchev–Trinajstić information content (AvgIpc) is 2.71. The van der Waals surface area contributed by atoms with Gasteiger partial charge in [-0.2, -0.15) is 5.10 Å². The lowest BCUT2D eigenvalue weighted by molar-refractivity contribution is -0.139. The predicted octanol–water partition coefficient (Wildman–Crippen LogP) is 1.36. The van der Waals surface area contributed by atoms with E-state index in [2.05, 4.69) is 10.4 Å². The Kier molecular flexibility index (Phi) is 5.30. The molecule has 6 nitrogen and oxygen atoms in total. The summed E-state index contributed by atoms with van der Waals surface area (Å²) < 4.78 is 1.69. The van der Waals surface area contributed by atoms with E-state index >= 15 is 0 Å². The fraction of sp³-hybridized carbons (Fsp3) is 0.643. The monoisotopic (exact) mass is 281 g/mol. The number of carbonyl (C=O) groups excluding carboxylic acids is 1. The topological polar surface area (TPSA) is 84.2 Å². The first-order valence-corrected chi connectivity index (χ1v) is 6.73. The summed E-state index contributed by atoms with van der Waals surface area (Å²) in [5.41, 5.74) is 0.268. The van der Waals surface area contributed by atoms with Crippen molar-refractivity contribution in [1.29, 1.82) is 0 Å². The maximum absolute atomic E-state index is 12.0. The van der Waals surface area contributed by atoms with Crippen LogP contribution in [-0.4, -0.2) is 32.3 Å². The van der Waals surface area contributed by atoms with E-state index in [1.54, 1.807) is 17.8 Å². The first kappa shape index (κ1) is 16.2. The van der Waals surface area contributed by atoms with Crippen LogP contribution >= 0.6 is 0 Å². The number of aliphatic carboxylic acids is 1. The maximum Gasteiger partial charge on any atom is 0.305 e. The average molecular weight is 281 g/mol. The van der Waals surface area contributed by atoms with Crippen molar-refractivity contribution in [3.8, 4) is 0 Å². The van der Waals surface area contributed by atoms with Crippen LogP contribution in [0.25, 0.3) is 0 Å². The van der Waals surface area contributed by atoms with E-state index in [1.807, 2.05) is 27.1 Å². The number of aryl methyl sites for hydroxylation is 2. The second-order valence-electron chi connectivity index (χ2n) is 5.71. The van der Waals surface area contributed by atoms with Gasteiger partial charge in [0.15, 0.2) is 0 Å². The maximum atomic E-state index is 12.0. The van der Waals surface area contributed by atoms with Gasteiger partial charge in [-0.05, 0) is 24.8 Å². The van der Waals surface area contributed by atoms with Crippen molar-refractivity contribution in [3.05, 3.63) is 18.0 Å². The molecule has 0 aliphatic rings. The summed E-state index contributed by atoms with van der Waals surface area (Å²) in [6.07, 6.45) is 4.44. The van der Waals surface area contributed by atoms with Gasteiger partial charge >= 0.3 is 5.97 Å². The molecule has 0 bridgehead atoms. The molecular formula is C14H23N3O3. The number of aromatic nitrogens is 2. The van der Waals surface area contributed by atoms with Crippen LogP contribution in [0.4, 0.5) is 0 Å². The number of hydrogen-bond donors (Lipinski definition) is 2. The third-order valence-corrected chi connectivity index (χ3v) is 3.62. The SMILES string of the molecule is CC(C)C(C)(CC(=O)O)NC(=O)CCc1cnn(C)c1. The Bertz CT molecular complexity index is 482. The van der Waals surface area contributed by atoms with Crippen molar-refractivity contribution in [3.63, 3.8) is 0 Å². The number of hydrogen-bond acceptors (Lipinski definition) is 3. The molecule has 1 heterocycles. The molecular weight excluding hydrogens is 258 g/mol. The van der Waals surface area contributed by atoms with E-state index in [0.29, 0.717) is 12.8 Å². The largest absolute Gasteiger partial charge is 0.481 e. The van der Waals surface area contributed by atoms with Crippen LogP contribution < -0.4 is 5.32 Å². The molecule has 112 valence electrons. The summed E-state index contributed by atoms with van der Waals surface area (Å²) in [7, 11) is 1.83. The Morgan fingerprint density at radius 2 is 2.15 bits per heavy atom. The van der Waals surface area contributed by atoms with Crippen molar-refractivity contribution in [2.75, 3.05) is 0 Å². The van der Waals surface area contributed by atoms with Crippen molar-refractivity contribution in [2.45, 2.75) is 45.6 Å². The summed E-state index contributed by atoms with van der Waals surface area (Å²) in [5, 5.41) is 15.9. The highest BCUT2D eigenvalue weighted by atomic mass is 16.4. The second kappa shape index (κ2) is 6.54. The molecule has 0 fully saturated rings. The van der Waals surface area contributed by atoms with Gasteiger partial charge in [0.05, 0.1) is 12.6 Å². The molecule has 0 aromatic carbocycles. The summed E-state index contributed by atoms with van der Waals surface area (Å²) >= 11 is 0. The van der Waals surface area contributed by atoms with E-state index < -0.39 is 11.5 Å². The molecule has 1 amide bonds. The number of carboxylic acids is 1. The van der Waals surface area contributed by atoms with Crippen LogP contribution in [-0.2, 0) is 23.1 Å². The van der Waals surface area contributed by atoms with Crippen molar-refractivity contribution in [2.24, 2.45) is 13.0 Å². The van der Waals surface area contributed by atoms with E-state index in [0.717, 1.165) is 5.56 Å². The second-order valence-corrected chi connectivity index (χ2v) is 5.71. The number of nitrogens with zero attached hydrogens (tertiary/aromatic N) is 2.